The van der Waals surface area contributed by atoms with Gasteiger partial charge in [0, 0.05) is 5.56 Å². The molecule has 0 radical (unpaired) electrons. The normalized spacial score (nSPS) is 10.8. The van der Waals surface area contributed by atoms with Crippen LogP contribution in [0.25, 0.3) is 5.69 Å². The van der Waals surface area contributed by atoms with Crippen LogP contribution in [0.3, 0.4) is 0 Å². The van der Waals surface area contributed by atoms with Gasteiger partial charge in [0.2, 0.25) is 5.13 Å². The van der Waals surface area contributed by atoms with E-state index >= 15 is 0 Å². The number of benzene rings is 1. The van der Waals surface area contributed by atoms with Crippen LogP contribution in [0, 0.1) is 20.8 Å². The van der Waals surface area contributed by atoms with Gasteiger partial charge in [-0.1, -0.05) is 22.9 Å². The molecule has 1 amide bonds. The van der Waals surface area contributed by atoms with Crippen LogP contribution in [0.15, 0.2) is 24.3 Å². The third kappa shape index (κ3) is 3.11. The highest BCUT2D eigenvalue weighted by Gasteiger charge is 2.12. The average Bonchev–Trinajstić information content (AvgIpc) is 3.06. The van der Waals surface area contributed by atoms with E-state index in [4.69, 9.17) is 11.6 Å². The number of hydrogen-bond donors (Lipinski definition) is 1. The minimum Gasteiger partial charge on any atom is -0.296 e. The second kappa shape index (κ2) is 6.10. The maximum absolute atomic E-state index is 12.2. The summed E-state index contributed by atoms with van der Waals surface area (Å²) in [7, 11) is 0. The topological polar surface area (TPSA) is 72.7 Å². The monoisotopic (exact) mass is 347 g/mol. The van der Waals surface area contributed by atoms with Crippen molar-refractivity contribution >= 4 is 34.0 Å². The van der Waals surface area contributed by atoms with E-state index in [9.17, 15) is 4.79 Å². The van der Waals surface area contributed by atoms with Crippen LogP contribution in [0.2, 0.25) is 5.02 Å². The van der Waals surface area contributed by atoms with Gasteiger partial charge in [-0.2, -0.15) is 5.10 Å². The minimum absolute atomic E-state index is 0.223. The van der Waals surface area contributed by atoms with Crippen LogP contribution >= 0.6 is 22.9 Å². The summed E-state index contributed by atoms with van der Waals surface area (Å²) in [6.45, 7) is 5.60. The van der Waals surface area contributed by atoms with Crippen molar-refractivity contribution in [3.05, 3.63) is 51.2 Å². The van der Waals surface area contributed by atoms with E-state index in [2.05, 4.69) is 20.6 Å². The molecule has 118 valence electrons. The van der Waals surface area contributed by atoms with Crippen LogP contribution in [0.5, 0.6) is 0 Å². The maximum Gasteiger partial charge on any atom is 0.257 e. The molecule has 6 nitrogen and oxygen atoms in total. The SMILES string of the molecule is Cc1nnc(NC(=O)c2ccc(-n3nc(C)c(Cl)c3C)cc2)s1. The zero-order chi connectivity index (χ0) is 16.6. The number of aromatic nitrogens is 4. The largest absolute Gasteiger partial charge is 0.296 e. The van der Waals surface area contributed by atoms with Crippen molar-refractivity contribution in [3.63, 3.8) is 0 Å². The van der Waals surface area contributed by atoms with Gasteiger partial charge in [0.15, 0.2) is 0 Å². The first kappa shape index (κ1) is 15.6. The van der Waals surface area contributed by atoms with Gasteiger partial charge in [0.05, 0.1) is 22.1 Å². The van der Waals surface area contributed by atoms with Crippen molar-refractivity contribution < 1.29 is 4.79 Å². The minimum atomic E-state index is -0.223. The summed E-state index contributed by atoms with van der Waals surface area (Å²) in [4.78, 5) is 12.2. The summed E-state index contributed by atoms with van der Waals surface area (Å²) in [5, 5.41) is 16.8. The van der Waals surface area contributed by atoms with Crippen LogP contribution in [-0.2, 0) is 0 Å². The molecule has 3 rings (SSSR count). The number of anilines is 1. The molecule has 8 heteroatoms. The Balaban J connectivity index is 1.81. The molecule has 0 spiro atoms. The predicted octanol–water partition coefficient (Wildman–Crippen LogP) is 3.55. The molecule has 23 heavy (non-hydrogen) atoms. The molecule has 2 aromatic heterocycles. The van der Waals surface area contributed by atoms with Gasteiger partial charge in [-0.3, -0.25) is 10.1 Å². The Morgan fingerprint density at radius 3 is 2.39 bits per heavy atom. The number of carbonyl (C=O) groups excluding carboxylic acids is 1. The number of rotatable bonds is 3. The van der Waals surface area contributed by atoms with Gasteiger partial charge in [0.25, 0.3) is 5.91 Å². The summed E-state index contributed by atoms with van der Waals surface area (Å²) in [6, 6.07) is 7.14. The number of carbonyl (C=O) groups is 1. The lowest BCUT2D eigenvalue weighted by Crippen LogP contribution is -2.12. The zero-order valence-electron chi connectivity index (χ0n) is 12.8. The van der Waals surface area contributed by atoms with E-state index in [0.717, 1.165) is 22.1 Å². The van der Waals surface area contributed by atoms with Gasteiger partial charge in [-0.15, -0.1) is 10.2 Å². The molecule has 0 aliphatic rings. The Kier molecular flexibility index (Phi) is 4.14. The number of aryl methyl sites for hydroxylation is 2. The van der Waals surface area contributed by atoms with Crippen molar-refractivity contribution in [1.82, 2.24) is 20.0 Å². The summed E-state index contributed by atoms with van der Waals surface area (Å²) >= 11 is 7.50. The van der Waals surface area contributed by atoms with Crippen molar-refractivity contribution in [3.8, 4) is 5.69 Å². The van der Waals surface area contributed by atoms with Gasteiger partial charge < -0.3 is 0 Å². The fraction of sp³-hybridized carbons (Fsp3) is 0.200. The van der Waals surface area contributed by atoms with Crippen LogP contribution in [0.4, 0.5) is 5.13 Å². The van der Waals surface area contributed by atoms with Gasteiger partial charge >= 0.3 is 0 Å². The molecule has 0 fully saturated rings. The number of nitrogens with one attached hydrogen (secondary N) is 1. The molecule has 0 saturated carbocycles. The molecule has 1 aromatic carbocycles. The quantitative estimate of drug-likeness (QED) is 0.786. The molecule has 0 saturated heterocycles. The fourth-order valence-corrected chi connectivity index (χ4v) is 2.85. The average molecular weight is 348 g/mol. The highest BCUT2D eigenvalue weighted by molar-refractivity contribution is 7.15. The molecule has 3 aromatic rings. The maximum atomic E-state index is 12.2. The fourth-order valence-electron chi connectivity index (χ4n) is 2.15. The zero-order valence-corrected chi connectivity index (χ0v) is 14.4. The Bertz CT molecular complexity index is 869. The lowest BCUT2D eigenvalue weighted by atomic mass is 10.2. The first-order valence-corrected chi connectivity index (χ1v) is 8.09. The van der Waals surface area contributed by atoms with E-state index in [1.54, 1.807) is 16.8 Å². The predicted molar refractivity (Wildman–Crippen MR) is 90.6 cm³/mol. The first-order valence-electron chi connectivity index (χ1n) is 6.89. The Labute approximate surface area is 142 Å². The van der Waals surface area contributed by atoms with E-state index in [-0.39, 0.29) is 5.91 Å². The lowest BCUT2D eigenvalue weighted by molar-refractivity contribution is 0.102. The van der Waals surface area contributed by atoms with Gasteiger partial charge in [0.1, 0.15) is 5.01 Å². The van der Waals surface area contributed by atoms with Gasteiger partial charge in [-0.05, 0) is 45.0 Å². The van der Waals surface area contributed by atoms with E-state index in [1.165, 1.54) is 11.3 Å². The first-order chi connectivity index (χ1) is 11.0. The van der Waals surface area contributed by atoms with E-state index in [1.807, 2.05) is 32.9 Å². The molecule has 2 heterocycles. The molecule has 0 unspecified atom stereocenters. The second-order valence-corrected chi connectivity index (χ2v) is 6.58. The van der Waals surface area contributed by atoms with E-state index < -0.39 is 0 Å². The Morgan fingerprint density at radius 2 is 1.87 bits per heavy atom. The summed E-state index contributed by atoms with van der Waals surface area (Å²) < 4.78 is 1.76. The highest BCUT2D eigenvalue weighted by Crippen LogP contribution is 2.22. The third-order valence-corrected chi connectivity index (χ3v) is 4.62. The molecule has 0 atom stereocenters. The van der Waals surface area contributed by atoms with Gasteiger partial charge in [-0.25, -0.2) is 4.68 Å². The number of nitrogens with zero attached hydrogens (tertiary/aromatic N) is 4. The van der Waals surface area contributed by atoms with Crippen molar-refractivity contribution in [2.75, 3.05) is 5.32 Å². The van der Waals surface area contributed by atoms with E-state index in [0.29, 0.717) is 15.7 Å². The van der Waals surface area contributed by atoms with Crippen LogP contribution in [0.1, 0.15) is 26.8 Å². The highest BCUT2D eigenvalue weighted by atomic mass is 35.5. The summed E-state index contributed by atoms with van der Waals surface area (Å²) in [5.74, 6) is -0.223. The Morgan fingerprint density at radius 1 is 1.17 bits per heavy atom. The molecular weight excluding hydrogens is 334 g/mol. The van der Waals surface area contributed by atoms with Crippen molar-refractivity contribution in [2.24, 2.45) is 0 Å². The molecule has 1 N–H and O–H groups in total. The molecule has 0 aliphatic carbocycles. The number of halogens is 1. The third-order valence-electron chi connectivity index (χ3n) is 3.32. The molecule has 0 aliphatic heterocycles. The van der Waals surface area contributed by atoms with Crippen LogP contribution in [-0.4, -0.2) is 25.9 Å². The number of amides is 1. The van der Waals surface area contributed by atoms with Crippen LogP contribution < -0.4 is 5.32 Å². The molecular formula is C15H14ClN5OS. The second-order valence-electron chi connectivity index (χ2n) is 5.02. The van der Waals surface area contributed by atoms with Crippen molar-refractivity contribution in [1.29, 1.82) is 0 Å². The van der Waals surface area contributed by atoms with Crippen molar-refractivity contribution in [2.45, 2.75) is 20.8 Å². The smallest absolute Gasteiger partial charge is 0.257 e. The Hall–Kier alpha value is -2.25. The lowest BCUT2D eigenvalue weighted by Gasteiger charge is -2.06. The number of hydrogen-bond acceptors (Lipinski definition) is 5. The summed E-state index contributed by atoms with van der Waals surface area (Å²) in [5.41, 5.74) is 3.03. The molecule has 0 bridgehead atoms. The standard InChI is InChI=1S/C15H14ClN5OS/c1-8-13(16)9(2)21(20-8)12-6-4-11(5-7-12)14(22)17-15-19-18-10(3)23-15/h4-7H,1-3H3,(H,17,19,22). The summed E-state index contributed by atoms with van der Waals surface area (Å²) in [6.07, 6.45) is 0.